The van der Waals surface area contributed by atoms with Gasteiger partial charge in [-0.15, -0.1) is 0 Å². The molecule has 2 aromatic rings. The second-order valence-electron chi connectivity index (χ2n) is 6.85. The number of piperidine rings is 1. The number of amides is 2. The number of oxazole rings is 1. The molecule has 2 fully saturated rings. The summed E-state index contributed by atoms with van der Waals surface area (Å²) in [5.74, 6) is 1.74. The van der Waals surface area contributed by atoms with Gasteiger partial charge in [-0.2, -0.15) is 0 Å². The number of carbonyl (C=O) groups excluding carboxylic acids is 1. The first-order valence-electron chi connectivity index (χ1n) is 8.68. The fraction of sp³-hybridized carbons (Fsp3) is 0.556. The predicted molar refractivity (Wildman–Crippen MR) is 91.2 cm³/mol. The number of aromatic nitrogens is 1. The summed E-state index contributed by atoms with van der Waals surface area (Å²) in [4.78, 5) is 18.9. The molecule has 24 heavy (non-hydrogen) atoms. The topological polar surface area (TPSA) is 67.6 Å². The average Bonchev–Trinajstić information content (AvgIpc) is 3.35. The Kier molecular flexibility index (Phi) is 4.14. The van der Waals surface area contributed by atoms with E-state index in [1.807, 2.05) is 23.1 Å². The Hall–Kier alpha value is -2.08. The van der Waals surface area contributed by atoms with Gasteiger partial charge in [0.05, 0.1) is 6.61 Å². The van der Waals surface area contributed by atoms with Gasteiger partial charge >= 0.3 is 6.03 Å². The van der Waals surface area contributed by atoms with Crippen molar-refractivity contribution in [3.05, 3.63) is 24.1 Å². The molecule has 6 nitrogen and oxygen atoms in total. The van der Waals surface area contributed by atoms with Crippen LogP contribution in [0.15, 0.2) is 22.6 Å². The van der Waals surface area contributed by atoms with E-state index in [1.165, 1.54) is 0 Å². The molecule has 1 aliphatic heterocycles. The second kappa shape index (κ2) is 6.43. The lowest BCUT2D eigenvalue weighted by Gasteiger charge is -2.32. The maximum atomic E-state index is 12.5. The molecule has 1 aliphatic carbocycles. The Morgan fingerprint density at radius 1 is 1.42 bits per heavy atom. The lowest BCUT2D eigenvalue weighted by atomic mass is 9.99. The summed E-state index contributed by atoms with van der Waals surface area (Å²) >= 11 is 0. The molecular weight excluding hydrogens is 306 g/mol. The molecule has 0 radical (unpaired) electrons. The number of carbonyl (C=O) groups is 1. The second-order valence-corrected chi connectivity index (χ2v) is 6.85. The van der Waals surface area contributed by atoms with E-state index in [-0.39, 0.29) is 6.03 Å². The van der Waals surface area contributed by atoms with Gasteiger partial charge in [0.1, 0.15) is 5.52 Å². The monoisotopic (exact) mass is 329 g/mol. The number of rotatable bonds is 4. The summed E-state index contributed by atoms with van der Waals surface area (Å²) in [6.07, 6.45) is 4.46. The first-order valence-corrected chi connectivity index (χ1v) is 8.68. The summed E-state index contributed by atoms with van der Waals surface area (Å²) in [5, 5.41) is 2.98. The number of hydrogen-bond acceptors (Lipinski definition) is 4. The number of methoxy groups -OCH3 is 1. The largest absolute Gasteiger partial charge is 0.440 e. The minimum atomic E-state index is -0.0583. The molecule has 128 valence electrons. The quantitative estimate of drug-likeness (QED) is 0.930. The van der Waals surface area contributed by atoms with Crippen LogP contribution in [0.5, 0.6) is 0 Å². The Morgan fingerprint density at radius 2 is 2.29 bits per heavy atom. The van der Waals surface area contributed by atoms with Crippen LogP contribution in [0.25, 0.3) is 11.1 Å². The van der Waals surface area contributed by atoms with E-state index in [1.54, 1.807) is 7.11 Å². The number of urea groups is 1. The van der Waals surface area contributed by atoms with Crippen molar-refractivity contribution in [1.82, 2.24) is 9.88 Å². The average molecular weight is 329 g/mol. The minimum absolute atomic E-state index is 0.0583. The number of benzene rings is 1. The molecule has 1 saturated carbocycles. The van der Waals surface area contributed by atoms with Crippen LogP contribution in [0.1, 0.15) is 37.5 Å². The maximum absolute atomic E-state index is 12.5. The van der Waals surface area contributed by atoms with Gasteiger partial charge in [0.25, 0.3) is 0 Å². The van der Waals surface area contributed by atoms with Crippen molar-refractivity contribution in [2.45, 2.75) is 31.6 Å². The molecule has 0 unspecified atom stereocenters. The molecule has 2 heterocycles. The molecule has 6 heteroatoms. The first-order chi connectivity index (χ1) is 11.7. The summed E-state index contributed by atoms with van der Waals surface area (Å²) in [5.41, 5.74) is 2.35. The van der Waals surface area contributed by atoms with Crippen LogP contribution in [0, 0.1) is 5.92 Å². The fourth-order valence-corrected chi connectivity index (χ4v) is 3.35. The predicted octanol–water partition coefficient (Wildman–Crippen LogP) is 3.60. The van der Waals surface area contributed by atoms with Gasteiger partial charge in [0.2, 0.25) is 0 Å². The van der Waals surface area contributed by atoms with Crippen molar-refractivity contribution in [2.75, 3.05) is 32.1 Å². The Morgan fingerprint density at radius 3 is 3.08 bits per heavy atom. The highest BCUT2D eigenvalue weighted by atomic mass is 16.5. The molecule has 1 N–H and O–H groups in total. The van der Waals surface area contributed by atoms with Crippen molar-refractivity contribution >= 4 is 22.8 Å². The SMILES string of the molecule is COC[C@H]1CCCN(C(=O)Nc2ccc3nc(C4CC4)oc3c2)C1. The van der Waals surface area contributed by atoms with Gasteiger partial charge in [-0.1, -0.05) is 0 Å². The summed E-state index contributed by atoms with van der Waals surface area (Å²) < 4.78 is 11.0. The number of fused-ring (bicyclic) bond motifs is 1. The maximum Gasteiger partial charge on any atom is 0.321 e. The zero-order valence-electron chi connectivity index (χ0n) is 14.0. The lowest BCUT2D eigenvalue weighted by Crippen LogP contribution is -2.43. The van der Waals surface area contributed by atoms with Crippen LogP contribution >= 0.6 is 0 Å². The van der Waals surface area contributed by atoms with E-state index in [0.29, 0.717) is 18.4 Å². The van der Waals surface area contributed by atoms with Crippen molar-refractivity contribution < 1.29 is 13.9 Å². The number of likely N-dealkylation sites (tertiary alicyclic amines) is 1. The van der Waals surface area contributed by atoms with Gasteiger partial charge in [-0.25, -0.2) is 9.78 Å². The smallest absolute Gasteiger partial charge is 0.321 e. The van der Waals surface area contributed by atoms with Gasteiger partial charge in [-0.05, 0) is 37.8 Å². The molecule has 0 spiro atoms. The Bertz CT molecular complexity index is 736. The van der Waals surface area contributed by atoms with Crippen molar-refractivity contribution in [3.63, 3.8) is 0 Å². The summed E-state index contributed by atoms with van der Waals surface area (Å²) in [6, 6.07) is 5.60. The van der Waals surface area contributed by atoms with E-state index in [4.69, 9.17) is 9.15 Å². The molecule has 0 bridgehead atoms. The fourth-order valence-electron chi connectivity index (χ4n) is 3.35. The van der Waals surface area contributed by atoms with E-state index in [9.17, 15) is 4.79 Å². The molecule has 2 amide bonds. The third-order valence-electron chi connectivity index (χ3n) is 4.79. The van der Waals surface area contributed by atoms with Crippen molar-refractivity contribution in [1.29, 1.82) is 0 Å². The molecule has 1 aromatic carbocycles. The lowest BCUT2D eigenvalue weighted by molar-refractivity contribution is 0.104. The standard InChI is InChI=1S/C18H23N3O3/c1-23-11-12-3-2-8-21(10-12)18(22)19-14-6-7-15-16(9-14)24-17(20-15)13-4-5-13/h6-7,9,12-13H,2-5,8,10-11H2,1H3,(H,19,22)/t12-/m0/s1. The van der Waals surface area contributed by atoms with E-state index < -0.39 is 0 Å². The highest BCUT2D eigenvalue weighted by Gasteiger charge is 2.29. The van der Waals surface area contributed by atoms with Gasteiger partial charge in [0.15, 0.2) is 11.5 Å². The van der Waals surface area contributed by atoms with Gasteiger partial charge < -0.3 is 19.4 Å². The Labute approximate surface area is 141 Å². The van der Waals surface area contributed by atoms with Crippen LogP contribution in [-0.2, 0) is 4.74 Å². The highest BCUT2D eigenvalue weighted by molar-refractivity contribution is 5.91. The molecule has 1 atom stereocenters. The van der Waals surface area contributed by atoms with Crippen LogP contribution in [0.4, 0.5) is 10.5 Å². The number of hydrogen-bond donors (Lipinski definition) is 1. The summed E-state index contributed by atoms with van der Waals surface area (Å²) in [6.45, 7) is 2.25. The molecular formula is C18H23N3O3. The zero-order valence-corrected chi connectivity index (χ0v) is 14.0. The molecule has 1 saturated heterocycles. The van der Waals surface area contributed by atoms with Gasteiger partial charge in [-0.3, -0.25) is 0 Å². The van der Waals surface area contributed by atoms with E-state index in [0.717, 1.165) is 61.5 Å². The number of ether oxygens (including phenoxy) is 1. The summed E-state index contributed by atoms with van der Waals surface area (Å²) in [7, 11) is 1.71. The van der Waals surface area contributed by atoms with E-state index in [2.05, 4.69) is 10.3 Å². The number of nitrogens with zero attached hydrogens (tertiary/aromatic N) is 2. The zero-order chi connectivity index (χ0) is 16.5. The first kappa shape index (κ1) is 15.4. The van der Waals surface area contributed by atoms with Gasteiger partial charge in [0, 0.05) is 43.8 Å². The molecule has 4 rings (SSSR count). The number of anilines is 1. The van der Waals surface area contributed by atoms with Crippen LogP contribution in [-0.4, -0.2) is 42.7 Å². The Balaban J connectivity index is 1.43. The van der Waals surface area contributed by atoms with E-state index >= 15 is 0 Å². The minimum Gasteiger partial charge on any atom is -0.440 e. The third kappa shape index (κ3) is 3.24. The third-order valence-corrected chi connectivity index (χ3v) is 4.79. The van der Waals surface area contributed by atoms with Crippen LogP contribution < -0.4 is 5.32 Å². The normalized spacial score (nSPS) is 21.2. The van der Waals surface area contributed by atoms with Crippen molar-refractivity contribution in [3.8, 4) is 0 Å². The number of nitrogens with one attached hydrogen (secondary N) is 1. The molecule has 1 aromatic heterocycles. The van der Waals surface area contributed by atoms with Crippen LogP contribution in [0.3, 0.4) is 0 Å². The highest BCUT2D eigenvalue weighted by Crippen LogP contribution is 2.40. The molecule has 2 aliphatic rings. The van der Waals surface area contributed by atoms with Crippen LogP contribution in [0.2, 0.25) is 0 Å². The van der Waals surface area contributed by atoms with Crippen molar-refractivity contribution in [2.24, 2.45) is 5.92 Å².